The Hall–Kier alpha value is -3.53. The summed E-state index contributed by atoms with van der Waals surface area (Å²) in [6, 6.07) is 17.7. The molecule has 0 saturated heterocycles. The molecule has 136 valence electrons. The summed E-state index contributed by atoms with van der Waals surface area (Å²) in [5.74, 6) is 1.08. The van der Waals surface area contributed by atoms with Gasteiger partial charge in [-0.15, -0.1) is 0 Å². The number of nitrogens with zero attached hydrogens (tertiary/aromatic N) is 2. The van der Waals surface area contributed by atoms with Crippen molar-refractivity contribution in [2.45, 2.75) is 12.7 Å². The Morgan fingerprint density at radius 3 is 2.44 bits per heavy atom. The average Bonchev–Trinajstić information content (AvgIpc) is 2.67. The summed E-state index contributed by atoms with van der Waals surface area (Å²) in [6.07, 6.45) is -3.00. The molecule has 0 bridgehead atoms. The van der Waals surface area contributed by atoms with Crippen LogP contribution in [0.4, 0.5) is 18.9 Å². The minimum Gasteiger partial charge on any atom is -0.439 e. The fourth-order valence-corrected chi connectivity index (χ4v) is 2.38. The second-order valence-corrected chi connectivity index (χ2v) is 5.64. The molecule has 3 rings (SSSR count). The van der Waals surface area contributed by atoms with Gasteiger partial charge in [0.05, 0.1) is 17.2 Å². The lowest BCUT2D eigenvalue weighted by Crippen LogP contribution is -2.09. The highest BCUT2D eigenvalue weighted by Gasteiger charge is 2.33. The molecule has 27 heavy (non-hydrogen) atoms. The zero-order valence-electron chi connectivity index (χ0n) is 14.0. The van der Waals surface area contributed by atoms with Crippen LogP contribution < -0.4 is 10.1 Å². The smallest absolute Gasteiger partial charge is 0.417 e. The first-order chi connectivity index (χ1) is 13.0. The quantitative estimate of drug-likeness (QED) is 0.656. The molecule has 4 nitrogen and oxygen atoms in total. The summed E-state index contributed by atoms with van der Waals surface area (Å²) in [7, 11) is 0. The number of alkyl halides is 3. The first-order valence-corrected chi connectivity index (χ1v) is 7.99. The van der Waals surface area contributed by atoms with E-state index in [1.54, 1.807) is 36.5 Å². The van der Waals surface area contributed by atoms with E-state index >= 15 is 0 Å². The van der Waals surface area contributed by atoms with Crippen LogP contribution in [-0.2, 0) is 12.7 Å². The van der Waals surface area contributed by atoms with Crippen LogP contribution in [0.3, 0.4) is 0 Å². The van der Waals surface area contributed by atoms with Gasteiger partial charge in [-0.1, -0.05) is 24.3 Å². The van der Waals surface area contributed by atoms with Crippen molar-refractivity contribution in [1.82, 2.24) is 4.98 Å². The molecule has 0 atom stereocenters. The minimum absolute atomic E-state index is 0.269. The minimum atomic E-state index is -4.58. The number of para-hydroxylation sites is 1. The van der Waals surface area contributed by atoms with Crippen molar-refractivity contribution < 1.29 is 17.9 Å². The van der Waals surface area contributed by atoms with E-state index in [0.717, 1.165) is 17.7 Å². The van der Waals surface area contributed by atoms with Gasteiger partial charge >= 0.3 is 6.18 Å². The molecule has 0 saturated carbocycles. The van der Waals surface area contributed by atoms with E-state index in [2.05, 4.69) is 10.3 Å². The van der Waals surface area contributed by atoms with Crippen molar-refractivity contribution in [3.05, 3.63) is 83.6 Å². The van der Waals surface area contributed by atoms with E-state index in [9.17, 15) is 13.2 Å². The van der Waals surface area contributed by atoms with Gasteiger partial charge in [0, 0.05) is 24.5 Å². The summed E-state index contributed by atoms with van der Waals surface area (Å²) >= 11 is 0. The number of benzene rings is 2. The van der Waals surface area contributed by atoms with Gasteiger partial charge in [-0.2, -0.15) is 18.4 Å². The van der Waals surface area contributed by atoms with Crippen LogP contribution in [0.15, 0.2) is 66.9 Å². The monoisotopic (exact) mass is 369 g/mol. The maximum atomic E-state index is 13.0. The van der Waals surface area contributed by atoms with E-state index in [1.807, 2.05) is 18.2 Å². The van der Waals surface area contributed by atoms with Gasteiger partial charge in [0.1, 0.15) is 5.75 Å². The van der Waals surface area contributed by atoms with Gasteiger partial charge in [-0.25, -0.2) is 4.98 Å². The number of anilines is 1. The summed E-state index contributed by atoms with van der Waals surface area (Å²) in [4.78, 5) is 4.19. The number of rotatable bonds is 5. The molecule has 2 aromatic carbocycles. The average molecular weight is 369 g/mol. The van der Waals surface area contributed by atoms with Crippen LogP contribution in [-0.4, -0.2) is 4.98 Å². The third-order valence-corrected chi connectivity index (χ3v) is 3.71. The topological polar surface area (TPSA) is 57.9 Å². The van der Waals surface area contributed by atoms with Crippen molar-refractivity contribution in [2.75, 3.05) is 5.32 Å². The first-order valence-electron chi connectivity index (χ1n) is 7.99. The molecule has 1 aromatic heterocycles. The molecule has 0 unspecified atom stereocenters. The van der Waals surface area contributed by atoms with E-state index in [-0.39, 0.29) is 12.2 Å². The lowest BCUT2D eigenvalue weighted by Gasteiger charge is -2.12. The Morgan fingerprint density at radius 1 is 1.04 bits per heavy atom. The number of nitrogens with one attached hydrogen (secondary N) is 1. The number of ether oxygens (including phenoxy) is 1. The number of nitriles is 1. The Morgan fingerprint density at radius 2 is 1.81 bits per heavy atom. The molecule has 0 aliphatic rings. The van der Waals surface area contributed by atoms with E-state index < -0.39 is 17.3 Å². The highest BCUT2D eigenvalue weighted by Crippen LogP contribution is 2.33. The van der Waals surface area contributed by atoms with Gasteiger partial charge in [-0.05, 0) is 35.9 Å². The van der Waals surface area contributed by atoms with Gasteiger partial charge < -0.3 is 10.1 Å². The number of aromatic nitrogens is 1. The zero-order valence-corrected chi connectivity index (χ0v) is 14.0. The highest BCUT2D eigenvalue weighted by molar-refractivity contribution is 5.53. The molecule has 0 spiro atoms. The van der Waals surface area contributed by atoms with Crippen LogP contribution in [0.25, 0.3) is 0 Å². The fourth-order valence-electron chi connectivity index (χ4n) is 2.38. The van der Waals surface area contributed by atoms with Crippen molar-refractivity contribution in [3.8, 4) is 17.7 Å². The maximum Gasteiger partial charge on any atom is 0.417 e. The predicted octanol–water partition coefficient (Wildman–Crippen LogP) is 5.38. The molecular formula is C20H14F3N3O. The predicted molar refractivity (Wildman–Crippen MR) is 94.2 cm³/mol. The second kappa shape index (κ2) is 7.79. The standard InChI is InChI=1S/C20H14F3N3O/c21-20(22,23)18-10-16(8-7-15(18)11-24)25-12-14-6-9-19(26-13-14)27-17-4-2-1-3-5-17/h1-10,13,25H,12H2. The molecule has 0 amide bonds. The second-order valence-electron chi connectivity index (χ2n) is 5.64. The van der Waals surface area contributed by atoms with Gasteiger partial charge in [0.25, 0.3) is 0 Å². The van der Waals surface area contributed by atoms with E-state index in [1.165, 1.54) is 6.07 Å². The molecule has 3 aromatic rings. The van der Waals surface area contributed by atoms with Crippen LogP contribution in [0.2, 0.25) is 0 Å². The summed E-state index contributed by atoms with van der Waals surface area (Å²) < 4.78 is 44.6. The first kappa shape index (κ1) is 18.3. The largest absolute Gasteiger partial charge is 0.439 e. The van der Waals surface area contributed by atoms with Gasteiger partial charge in [0.2, 0.25) is 5.88 Å². The van der Waals surface area contributed by atoms with Crippen molar-refractivity contribution in [1.29, 1.82) is 5.26 Å². The zero-order chi connectivity index (χ0) is 19.3. The summed E-state index contributed by atoms with van der Waals surface area (Å²) in [5.41, 5.74) is -0.323. The lowest BCUT2D eigenvalue weighted by molar-refractivity contribution is -0.137. The third kappa shape index (κ3) is 4.76. The Bertz CT molecular complexity index is 949. The lowest BCUT2D eigenvalue weighted by atomic mass is 10.1. The fraction of sp³-hybridized carbons (Fsp3) is 0.100. The molecule has 7 heteroatoms. The number of hydrogen-bond donors (Lipinski definition) is 1. The SMILES string of the molecule is N#Cc1ccc(NCc2ccc(Oc3ccccc3)nc2)cc1C(F)(F)F. The van der Waals surface area contributed by atoms with E-state index in [4.69, 9.17) is 10.00 Å². The number of hydrogen-bond acceptors (Lipinski definition) is 4. The van der Waals surface area contributed by atoms with Crippen LogP contribution in [0, 0.1) is 11.3 Å². The van der Waals surface area contributed by atoms with Crippen molar-refractivity contribution >= 4 is 5.69 Å². The van der Waals surface area contributed by atoms with Crippen molar-refractivity contribution in [2.24, 2.45) is 0 Å². The van der Waals surface area contributed by atoms with Gasteiger partial charge in [-0.3, -0.25) is 0 Å². The molecule has 0 fully saturated rings. The molecule has 0 radical (unpaired) electrons. The number of pyridine rings is 1. The molecule has 0 aliphatic carbocycles. The van der Waals surface area contributed by atoms with Crippen LogP contribution in [0.1, 0.15) is 16.7 Å². The summed E-state index contributed by atoms with van der Waals surface area (Å²) in [6.45, 7) is 0.280. The maximum absolute atomic E-state index is 13.0. The Labute approximate surface area is 153 Å². The highest BCUT2D eigenvalue weighted by atomic mass is 19.4. The van der Waals surface area contributed by atoms with Gasteiger partial charge in [0.15, 0.2) is 0 Å². The van der Waals surface area contributed by atoms with Crippen LogP contribution in [0.5, 0.6) is 11.6 Å². The number of halogens is 3. The molecule has 0 aliphatic heterocycles. The normalized spacial score (nSPS) is 10.9. The molecular weight excluding hydrogens is 355 g/mol. The molecule has 1 N–H and O–H groups in total. The molecule has 1 heterocycles. The van der Waals surface area contributed by atoms with Crippen LogP contribution >= 0.6 is 0 Å². The Balaban J connectivity index is 1.66. The summed E-state index contributed by atoms with van der Waals surface area (Å²) in [5, 5.41) is 11.7. The van der Waals surface area contributed by atoms with E-state index in [0.29, 0.717) is 11.6 Å². The third-order valence-electron chi connectivity index (χ3n) is 3.71. The Kier molecular flexibility index (Phi) is 5.27. The van der Waals surface area contributed by atoms with Crippen molar-refractivity contribution in [3.63, 3.8) is 0 Å².